The molecule has 0 bridgehead atoms. The summed E-state index contributed by atoms with van der Waals surface area (Å²) in [6.07, 6.45) is 0. The predicted octanol–water partition coefficient (Wildman–Crippen LogP) is 1.03. The van der Waals surface area contributed by atoms with Crippen LogP contribution in [0.1, 0.15) is 11.4 Å². The van der Waals surface area contributed by atoms with Crippen LogP contribution in [-0.4, -0.2) is 78.2 Å². The van der Waals surface area contributed by atoms with Gasteiger partial charge in [0.05, 0.1) is 29.7 Å². The van der Waals surface area contributed by atoms with E-state index in [1.54, 1.807) is 47.2 Å². The number of nitrogens with one attached hydrogen (secondary N) is 1. The van der Waals surface area contributed by atoms with Gasteiger partial charge in [-0.25, -0.2) is 13.4 Å². The second kappa shape index (κ2) is 9.82. The average molecular weight is 470 g/mol. The van der Waals surface area contributed by atoms with Crippen molar-refractivity contribution in [3.05, 3.63) is 76.3 Å². The Hall–Kier alpha value is -3.08. The van der Waals surface area contributed by atoms with Crippen LogP contribution in [-0.2, 0) is 27.1 Å². The summed E-state index contributed by atoms with van der Waals surface area (Å²) in [5.41, 5.74) is 1.16. The monoisotopic (exact) mass is 469 g/mol. The maximum atomic E-state index is 12.7. The van der Waals surface area contributed by atoms with E-state index >= 15 is 0 Å². The molecule has 3 aromatic rings. The van der Waals surface area contributed by atoms with Gasteiger partial charge in [0.25, 0.3) is 5.56 Å². The number of carbonyl (C=O) groups is 1. The summed E-state index contributed by atoms with van der Waals surface area (Å²) in [5.74, 6) is 0.369. The van der Waals surface area contributed by atoms with Gasteiger partial charge in [-0.1, -0.05) is 42.5 Å². The van der Waals surface area contributed by atoms with Crippen molar-refractivity contribution in [3.8, 4) is 0 Å². The van der Waals surface area contributed by atoms with Gasteiger partial charge in [-0.3, -0.25) is 14.5 Å². The van der Waals surface area contributed by atoms with Crippen molar-refractivity contribution < 1.29 is 13.2 Å². The van der Waals surface area contributed by atoms with Crippen LogP contribution in [0.25, 0.3) is 10.9 Å². The fraction of sp³-hybridized carbons (Fsp3) is 0.348. The Bertz CT molecular complexity index is 1280. The van der Waals surface area contributed by atoms with Crippen LogP contribution in [0.4, 0.5) is 0 Å². The number of likely N-dealkylation sites (N-methyl/N-ethyl adjacent to an activating group) is 1. The van der Waals surface area contributed by atoms with Gasteiger partial charge in [0.15, 0.2) is 0 Å². The molecule has 1 aromatic heterocycles. The molecule has 1 aliphatic heterocycles. The third kappa shape index (κ3) is 5.65. The molecular formula is C23H27N5O4S. The Morgan fingerprint density at radius 1 is 1.03 bits per heavy atom. The maximum absolute atomic E-state index is 12.7. The zero-order valence-electron chi connectivity index (χ0n) is 18.5. The van der Waals surface area contributed by atoms with E-state index in [1.807, 2.05) is 24.3 Å². The van der Waals surface area contributed by atoms with Gasteiger partial charge in [-0.05, 0) is 24.7 Å². The molecule has 1 aliphatic rings. The first-order valence-electron chi connectivity index (χ1n) is 10.8. The summed E-state index contributed by atoms with van der Waals surface area (Å²) in [6, 6.07) is 16.2. The number of benzene rings is 2. The van der Waals surface area contributed by atoms with E-state index in [0.29, 0.717) is 36.4 Å². The van der Waals surface area contributed by atoms with Gasteiger partial charge in [0, 0.05) is 26.2 Å². The molecule has 4 rings (SSSR count). The summed E-state index contributed by atoms with van der Waals surface area (Å²) in [6.45, 7) is 1.73. The predicted molar refractivity (Wildman–Crippen MR) is 126 cm³/mol. The first-order valence-corrected chi connectivity index (χ1v) is 12.4. The van der Waals surface area contributed by atoms with Crippen molar-refractivity contribution in [2.24, 2.45) is 0 Å². The SMILES string of the molecule is CN(CC(=O)N1CCN(S(=O)(=O)Cc2ccccc2)CC1)Cc1nc2ccccc2c(=O)[nH]1. The number of para-hydroxylation sites is 1. The van der Waals surface area contributed by atoms with Gasteiger partial charge in [0.1, 0.15) is 5.82 Å². The van der Waals surface area contributed by atoms with Crippen molar-refractivity contribution in [3.63, 3.8) is 0 Å². The molecule has 174 valence electrons. The lowest BCUT2D eigenvalue weighted by molar-refractivity contribution is -0.133. The van der Waals surface area contributed by atoms with Crippen LogP contribution in [0.5, 0.6) is 0 Å². The molecule has 0 spiro atoms. The highest BCUT2D eigenvalue weighted by Crippen LogP contribution is 2.14. The zero-order valence-corrected chi connectivity index (χ0v) is 19.3. The zero-order chi connectivity index (χ0) is 23.4. The van der Waals surface area contributed by atoms with Crippen molar-refractivity contribution >= 4 is 26.8 Å². The van der Waals surface area contributed by atoms with Gasteiger partial charge < -0.3 is 9.88 Å². The number of sulfonamides is 1. The summed E-state index contributed by atoms with van der Waals surface area (Å²) >= 11 is 0. The molecule has 1 fully saturated rings. The number of piperazine rings is 1. The molecule has 1 saturated heterocycles. The lowest BCUT2D eigenvalue weighted by Crippen LogP contribution is -2.52. The van der Waals surface area contributed by atoms with E-state index < -0.39 is 10.0 Å². The molecule has 0 saturated carbocycles. The quantitative estimate of drug-likeness (QED) is 0.554. The highest BCUT2D eigenvalue weighted by Gasteiger charge is 2.29. The Kier molecular flexibility index (Phi) is 6.87. The fourth-order valence-corrected chi connectivity index (χ4v) is 5.46. The summed E-state index contributed by atoms with van der Waals surface area (Å²) in [5, 5.41) is 0.528. The van der Waals surface area contributed by atoms with Crippen LogP contribution < -0.4 is 5.56 Å². The number of aromatic nitrogens is 2. The van der Waals surface area contributed by atoms with Crippen molar-refractivity contribution in [2.45, 2.75) is 12.3 Å². The molecule has 0 radical (unpaired) electrons. The Morgan fingerprint density at radius 2 is 1.70 bits per heavy atom. The topological polar surface area (TPSA) is 107 Å². The number of nitrogens with zero attached hydrogens (tertiary/aromatic N) is 4. The number of fused-ring (bicyclic) bond motifs is 1. The maximum Gasteiger partial charge on any atom is 0.258 e. The molecule has 2 aromatic carbocycles. The minimum absolute atomic E-state index is 0.0402. The Morgan fingerprint density at radius 3 is 2.42 bits per heavy atom. The molecule has 0 aliphatic carbocycles. The summed E-state index contributed by atoms with van der Waals surface area (Å²) in [4.78, 5) is 35.7. The number of amides is 1. The Labute approximate surface area is 192 Å². The van der Waals surface area contributed by atoms with Gasteiger partial charge in [-0.2, -0.15) is 4.31 Å². The first-order chi connectivity index (χ1) is 15.8. The van der Waals surface area contributed by atoms with Gasteiger partial charge in [0.2, 0.25) is 15.9 Å². The van der Waals surface area contributed by atoms with Crippen LogP contribution in [0.2, 0.25) is 0 Å². The number of hydrogen-bond acceptors (Lipinski definition) is 6. The van der Waals surface area contributed by atoms with Crippen LogP contribution in [0.15, 0.2) is 59.4 Å². The second-order valence-electron chi connectivity index (χ2n) is 8.22. The highest BCUT2D eigenvalue weighted by atomic mass is 32.2. The number of carbonyl (C=O) groups excluding carboxylic acids is 1. The minimum Gasteiger partial charge on any atom is -0.339 e. The second-order valence-corrected chi connectivity index (χ2v) is 10.2. The van der Waals surface area contributed by atoms with E-state index in [2.05, 4.69) is 9.97 Å². The van der Waals surface area contributed by atoms with Gasteiger partial charge >= 0.3 is 0 Å². The number of aromatic amines is 1. The molecule has 1 N–H and O–H groups in total. The number of hydrogen-bond donors (Lipinski definition) is 1. The lowest BCUT2D eigenvalue weighted by atomic mass is 10.2. The molecule has 2 heterocycles. The Balaban J connectivity index is 1.30. The number of H-pyrrole nitrogens is 1. The fourth-order valence-electron chi connectivity index (χ4n) is 3.94. The smallest absolute Gasteiger partial charge is 0.258 e. The minimum atomic E-state index is -3.43. The van der Waals surface area contributed by atoms with Crippen LogP contribution in [0, 0.1) is 0 Å². The molecule has 0 unspecified atom stereocenters. The van der Waals surface area contributed by atoms with E-state index in [1.165, 1.54) is 4.31 Å². The van der Waals surface area contributed by atoms with Crippen molar-refractivity contribution in [1.82, 2.24) is 24.1 Å². The van der Waals surface area contributed by atoms with Crippen molar-refractivity contribution in [1.29, 1.82) is 0 Å². The largest absolute Gasteiger partial charge is 0.339 e. The lowest BCUT2D eigenvalue weighted by Gasteiger charge is -2.34. The molecule has 9 nitrogen and oxygen atoms in total. The third-order valence-corrected chi connectivity index (χ3v) is 7.51. The molecular weight excluding hydrogens is 442 g/mol. The molecule has 1 amide bonds. The van der Waals surface area contributed by atoms with Crippen molar-refractivity contribution in [2.75, 3.05) is 39.8 Å². The average Bonchev–Trinajstić information content (AvgIpc) is 2.79. The molecule has 10 heteroatoms. The summed E-state index contributed by atoms with van der Waals surface area (Å²) < 4.78 is 26.9. The highest BCUT2D eigenvalue weighted by molar-refractivity contribution is 7.88. The van der Waals surface area contributed by atoms with E-state index in [0.717, 1.165) is 5.56 Å². The van der Waals surface area contributed by atoms with Crippen LogP contribution in [0.3, 0.4) is 0 Å². The van der Waals surface area contributed by atoms with E-state index in [4.69, 9.17) is 0 Å². The standard InChI is InChI=1S/C23H27N5O4S/c1-26(15-21-24-20-10-6-5-9-19(20)23(30)25-21)16-22(29)27-11-13-28(14-12-27)33(31,32)17-18-7-3-2-4-8-18/h2-10H,11-17H2,1H3,(H,24,25,30). The van der Waals surface area contributed by atoms with Gasteiger partial charge in [-0.15, -0.1) is 0 Å². The molecule has 33 heavy (non-hydrogen) atoms. The normalized spacial score (nSPS) is 15.3. The third-order valence-electron chi connectivity index (χ3n) is 5.66. The summed E-state index contributed by atoms with van der Waals surface area (Å²) in [7, 11) is -1.64. The van der Waals surface area contributed by atoms with E-state index in [9.17, 15) is 18.0 Å². The first kappa shape index (κ1) is 23.1. The van der Waals surface area contributed by atoms with E-state index in [-0.39, 0.29) is 36.9 Å². The van der Waals surface area contributed by atoms with Crippen LogP contribution >= 0.6 is 0 Å². The number of rotatable bonds is 7. The molecule has 0 atom stereocenters.